The Balaban J connectivity index is 2.06. The number of carbonyl (C=O) groups is 2. The van der Waals surface area contributed by atoms with E-state index in [1.54, 1.807) is 24.3 Å². The lowest BCUT2D eigenvalue weighted by atomic mass is 10.2. The lowest BCUT2D eigenvalue weighted by molar-refractivity contribution is 0.0600. The third kappa shape index (κ3) is 4.52. The number of rotatable bonds is 6. The van der Waals surface area contributed by atoms with E-state index in [4.69, 9.17) is 0 Å². The number of nitrogens with one attached hydrogen (secondary N) is 2. The Morgan fingerprint density at radius 1 is 1.25 bits per heavy atom. The molecule has 0 aliphatic heterocycles. The number of hydrogen-bond donors (Lipinski definition) is 2. The smallest absolute Gasteiger partial charge is 0.337 e. The summed E-state index contributed by atoms with van der Waals surface area (Å²) in [6.45, 7) is 3.92. The van der Waals surface area contributed by atoms with Gasteiger partial charge in [-0.1, -0.05) is 13.0 Å². The Labute approximate surface area is 140 Å². The summed E-state index contributed by atoms with van der Waals surface area (Å²) in [5.74, 6) is -0.199. The van der Waals surface area contributed by atoms with Crippen molar-refractivity contribution in [1.82, 2.24) is 15.3 Å². The molecular weight excluding hydrogens is 308 g/mol. The summed E-state index contributed by atoms with van der Waals surface area (Å²) in [5.41, 5.74) is 1.35. The zero-order valence-electron chi connectivity index (χ0n) is 13.9. The second-order valence-electron chi connectivity index (χ2n) is 5.27. The van der Waals surface area contributed by atoms with Crippen molar-refractivity contribution in [3.8, 4) is 0 Å². The molecule has 0 spiro atoms. The number of carbonyl (C=O) groups excluding carboxylic acids is 2. The molecule has 1 heterocycles. The highest BCUT2D eigenvalue weighted by molar-refractivity contribution is 5.92. The van der Waals surface area contributed by atoms with Gasteiger partial charge in [-0.05, 0) is 31.5 Å². The number of amides is 1. The maximum Gasteiger partial charge on any atom is 0.337 e. The average Bonchev–Trinajstić information content (AvgIpc) is 2.61. The monoisotopic (exact) mass is 328 g/mol. The summed E-state index contributed by atoms with van der Waals surface area (Å²) < 4.78 is 4.69. The molecule has 1 aromatic carbocycles. The van der Waals surface area contributed by atoms with Crippen molar-refractivity contribution in [1.29, 1.82) is 0 Å². The number of esters is 1. The Kier molecular flexibility index (Phi) is 5.83. The van der Waals surface area contributed by atoms with Gasteiger partial charge in [-0.15, -0.1) is 0 Å². The molecule has 24 heavy (non-hydrogen) atoms. The van der Waals surface area contributed by atoms with E-state index >= 15 is 0 Å². The molecule has 1 unspecified atom stereocenters. The molecule has 7 nitrogen and oxygen atoms in total. The molecule has 1 atom stereocenters. The SMILES string of the molecule is CCC(C)NC(=O)c1cnc(Nc2cccc(C(=O)OC)c2)cn1. The maximum atomic E-state index is 12.0. The summed E-state index contributed by atoms with van der Waals surface area (Å²) in [5, 5.41) is 5.86. The van der Waals surface area contributed by atoms with E-state index in [2.05, 4.69) is 25.3 Å². The average molecular weight is 328 g/mol. The van der Waals surface area contributed by atoms with Crippen LogP contribution in [-0.2, 0) is 4.74 Å². The molecule has 2 N–H and O–H groups in total. The normalized spacial score (nSPS) is 11.5. The lowest BCUT2D eigenvalue weighted by Crippen LogP contribution is -2.32. The van der Waals surface area contributed by atoms with Gasteiger partial charge in [-0.25, -0.2) is 14.8 Å². The molecule has 0 saturated heterocycles. The van der Waals surface area contributed by atoms with Crippen LogP contribution in [0.1, 0.15) is 41.1 Å². The molecule has 0 bridgehead atoms. The van der Waals surface area contributed by atoms with E-state index in [0.29, 0.717) is 17.1 Å². The minimum absolute atomic E-state index is 0.0816. The number of anilines is 2. The number of aromatic nitrogens is 2. The predicted octanol–water partition coefficient (Wildman–Crippen LogP) is 2.54. The quantitative estimate of drug-likeness (QED) is 0.792. The number of hydrogen-bond acceptors (Lipinski definition) is 6. The first-order valence-electron chi connectivity index (χ1n) is 7.61. The zero-order valence-corrected chi connectivity index (χ0v) is 13.9. The highest BCUT2D eigenvalue weighted by atomic mass is 16.5. The van der Waals surface area contributed by atoms with Crippen LogP contribution >= 0.6 is 0 Å². The van der Waals surface area contributed by atoms with Gasteiger partial charge in [-0.2, -0.15) is 0 Å². The number of ether oxygens (including phenoxy) is 1. The van der Waals surface area contributed by atoms with Crippen LogP contribution in [0, 0.1) is 0 Å². The first kappa shape index (κ1) is 17.4. The Morgan fingerprint density at radius 3 is 2.67 bits per heavy atom. The molecule has 0 fully saturated rings. The van der Waals surface area contributed by atoms with Crippen molar-refractivity contribution in [3.05, 3.63) is 47.9 Å². The van der Waals surface area contributed by atoms with Gasteiger partial charge in [0.2, 0.25) is 0 Å². The minimum Gasteiger partial charge on any atom is -0.465 e. The van der Waals surface area contributed by atoms with Gasteiger partial charge in [-0.3, -0.25) is 4.79 Å². The summed E-state index contributed by atoms with van der Waals surface area (Å²) >= 11 is 0. The summed E-state index contributed by atoms with van der Waals surface area (Å²) in [6, 6.07) is 6.91. The van der Waals surface area contributed by atoms with Crippen molar-refractivity contribution < 1.29 is 14.3 Å². The first-order valence-corrected chi connectivity index (χ1v) is 7.61. The van der Waals surface area contributed by atoms with Crippen LogP contribution in [0.25, 0.3) is 0 Å². The Bertz CT molecular complexity index is 716. The largest absolute Gasteiger partial charge is 0.465 e. The fraction of sp³-hybridized carbons (Fsp3) is 0.294. The van der Waals surface area contributed by atoms with Crippen LogP contribution in [0.15, 0.2) is 36.7 Å². The van der Waals surface area contributed by atoms with Gasteiger partial charge in [0, 0.05) is 11.7 Å². The van der Waals surface area contributed by atoms with Crippen molar-refractivity contribution in [2.24, 2.45) is 0 Å². The fourth-order valence-corrected chi connectivity index (χ4v) is 1.90. The van der Waals surface area contributed by atoms with Crippen LogP contribution < -0.4 is 10.6 Å². The molecule has 0 radical (unpaired) electrons. The van der Waals surface area contributed by atoms with E-state index in [-0.39, 0.29) is 17.6 Å². The fourth-order valence-electron chi connectivity index (χ4n) is 1.90. The summed E-state index contributed by atoms with van der Waals surface area (Å²) in [6.07, 6.45) is 3.72. The highest BCUT2D eigenvalue weighted by Crippen LogP contribution is 2.16. The van der Waals surface area contributed by atoms with Gasteiger partial charge in [0.1, 0.15) is 11.5 Å². The van der Waals surface area contributed by atoms with E-state index in [1.807, 2.05) is 13.8 Å². The van der Waals surface area contributed by atoms with E-state index in [0.717, 1.165) is 6.42 Å². The van der Waals surface area contributed by atoms with Gasteiger partial charge < -0.3 is 15.4 Å². The number of benzene rings is 1. The molecule has 0 saturated carbocycles. The molecule has 0 aliphatic carbocycles. The first-order chi connectivity index (χ1) is 11.5. The second kappa shape index (κ2) is 8.05. The van der Waals surface area contributed by atoms with Crippen molar-refractivity contribution in [2.75, 3.05) is 12.4 Å². The standard InChI is InChI=1S/C17H20N4O3/c1-4-11(2)20-16(22)14-9-19-15(10-18-14)21-13-7-5-6-12(8-13)17(23)24-3/h5-11H,4H2,1-3H3,(H,19,21)(H,20,22). The Hall–Kier alpha value is -2.96. The molecule has 1 aromatic heterocycles. The van der Waals surface area contributed by atoms with E-state index < -0.39 is 5.97 Å². The molecule has 1 amide bonds. The van der Waals surface area contributed by atoms with Crippen LogP contribution in [0.4, 0.5) is 11.5 Å². The van der Waals surface area contributed by atoms with Crippen LogP contribution in [0.3, 0.4) is 0 Å². The van der Waals surface area contributed by atoms with Gasteiger partial charge in [0.05, 0.1) is 25.1 Å². The molecule has 126 valence electrons. The third-order valence-corrected chi connectivity index (χ3v) is 3.43. The number of nitrogens with zero attached hydrogens (tertiary/aromatic N) is 2. The maximum absolute atomic E-state index is 12.0. The molecular formula is C17H20N4O3. The molecule has 2 rings (SSSR count). The van der Waals surface area contributed by atoms with Gasteiger partial charge in [0.15, 0.2) is 0 Å². The third-order valence-electron chi connectivity index (χ3n) is 3.43. The zero-order chi connectivity index (χ0) is 17.5. The molecule has 0 aliphatic rings. The van der Waals surface area contributed by atoms with Gasteiger partial charge in [0.25, 0.3) is 5.91 Å². The van der Waals surface area contributed by atoms with Crippen molar-refractivity contribution >= 4 is 23.4 Å². The Morgan fingerprint density at radius 2 is 2.04 bits per heavy atom. The van der Waals surface area contributed by atoms with Crippen LogP contribution in [0.2, 0.25) is 0 Å². The molecule has 2 aromatic rings. The predicted molar refractivity (Wildman–Crippen MR) is 90.3 cm³/mol. The molecule has 7 heteroatoms. The van der Waals surface area contributed by atoms with Crippen LogP contribution in [0.5, 0.6) is 0 Å². The summed E-state index contributed by atoms with van der Waals surface area (Å²) in [4.78, 5) is 31.8. The topological polar surface area (TPSA) is 93.2 Å². The minimum atomic E-state index is -0.415. The van der Waals surface area contributed by atoms with E-state index in [1.165, 1.54) is 19.5 Å². The van der Waals surface area contributed by atoms with Crippen molar-refractivity contribution in [3.63, 3.8) is 0 Å². The van der Waals surface area contributed by atoms with Crippen molar-refractivity contribution in [2.45, 2.75) is 26.3 Å². The summed E-state index contributed by atoms with van der Waals surface area (Å²) in [7, 11) is 1.33. The second-order valence-corrected chi connectivity index (χ2v) is 5.27. The van der Waals surface area contributed by atoms with E-state index in [9.17, 15) is 9.59 Å². The lowest BCUT2D eigenvalue weighted by Gasteiger charge is -2.11. The van der Waals surface area contributed by atoms with Crippen LogP contribution in [-0.4, -0.2) is 35.0 Å². The number of methoxy groups -OCH3 is 1. The van der Waals surface area contributed by atoms with Gasteiger partial charge >= 0.3 is 5.97 Å². The highest BCUT2D eigenvalue weighted by Gasteiger charge is 2.11.